The molecule has 1 N–H and O–H groups in total. The fraction of sp³-hybridized carbons (Fsp3) is 0.346. The van der Waals surface area contributed by atoms with Gasteiger partial charge in [0.1, 0.15) is 5.75 Å². The van der Waals surface area contributed by atoms with Crippen molar-refractivity contribution in [3.63, 3.8) is 0 Å². The van der Waals surface area contributed by atoms with Gasteiger partial charge in [0.15, 0.2) is 16.8 Å². The number of ether oxygens (including phenoxy) is 2. The summed E-state index contributed by atoms with van der Waals surface area (Å²) in [5, 5.41) is 10.6. The van der Waals surface area contributed by atoms with Crippen molar-refractivity contribution < 1.29 is 14.3 Å². The lowest BCUT2D eigenvalue weighted by molar-refractivity contribution is 0.0953. The topological polar surface area (TPSA) is 82.0 Å². The number of Topliss-reactive ketones (excluding diaryl/α,β-unsaturated/α-hetero) is 1. The van der Waals surface area contributed by atoms with Crippen LogP contribution in [0.25, 0.3) is 22.3 Å². The summed E-state index contributed by atoms with van der Waals surface area (Å²) in [6.07, 6.45) is 4.95. The highest BCUT2D eigenvalue weighted by atomic mass is 32.2. The van der Waals surface area contributed by atoms with Gasteiger partial charge in [0, 0.05) is 34.8 Å². The summed E-state index contributed by atoms with van der Waals surface area (Å²) in [5.41, 5.74) is 3.93. The molecule has 1 saturated heterocycles. The van der Waals surface area contributed by atoms with E-state index in [9.17, 15) is 4.79 Å². The molecule has 2 aromatic heterocycles. The van der Waals surface area contributed by atoms with Gasteiger partial charge in [0.25, 0.3) is 0 Å². The molecule has 1 unspecified atom stereocenters. The number of benzene rings is 2. The van der Waals surface area contributed by atoms with Crippen molar-refractivity contribution in [2.45, 2.75) is 44.0 Å². The summed E-state index contributed by atoms with van der Waals surface area (Å²) in [7, 11) is 1.65. The first kappa shape index (κ1) is 22.7. The number of para-hydroxylation sites is 1. The summed E-state index contributed by atoms with van der Waals surface area (Å²) >= 11 is 1.42. The second-order valence-corrected chi connectivity index (χ2v) is 9.33. The van der Waals surface area contributed by atoms with E-state index in [1.165, 1.54) is 17.3 Å². The van der Waals surface area contributed by atoms with Crippen molar-refractivity contribution in [1.29, 1.82) is 0 Å². The molecule has 0 spiro atoms. The predicted molar refractivity (Wildman–Crippen MR) is 134 cm³/mol. The van der Waals surface area contributed by atoms with Crippen LogP contribution < -0.4 is 4.74 Å². The zero-order valence-electron chi connectivity index (χ0n) is 19.4. The van der Waals surface area contributed by atoms with Gasteiger partial charge in [-0.05, 0) is 49.1 Å². The number of hydrogen-bond donors (Lipinski definition) is 1. The Labute approximate surface area is 202 Å². The average Bonchev–Trinajstić information content (AvgIpc) is 3.63. The number of aromatic nitrogens is 4. The second-order valence-electron chi connectivity index (χ2n) is 8.39. The number of nitrogens with one attached hydrogen (secondary N) is 1. The maximum Gasteiger partial charge on any atom is 0.192 e. The highest BCUT2D eigenvalue weighted by Crippen LogP contribution is 2.29. The number of carbonyl (C=O) groups excluding carboxylic acids is 1. The lowest BCUT2D eigenvalue weighted by Crippen LogP contribution is -2.17. The van der Waals surface area contributed by atoms with Crippen LogP contribution in [-0.4, -0.2) is 51.1 Å². The van der Waals surface area contributed by atoms with E-state index in [1.807, 2.05) is 42.6 Å². The van der Waals surface area contributed by atoms with Gasteiger partial charge < -0.3 is 14.5 Å². The first-order chi connectivity index (χ1) is 16.7. The van der Waals surface area contributed by atoms with Gasteiger partial charge in [-0.15, -0.1) is 10.2 Å². The summed E-state index contributed by atoms with van der Waals surface area (Å²) in [6, 6.07) is 13.9. The molecule has 2 aromatic carbocycles. The standard InChI is InChI=1S/C26H28N4O3S/c1-3-17-6-4-8-21-22(14-27-24(17)21)23(31)16-34-26-29-28-25(18-9-11-19(32-2)12-10-18)30(26)15-20-7-5-13-33-20/h4,6,8-12,14,20,27H,3,5,7,13,15-16H2,1-2H3. The fourth-order valence-electron chi connectivity index (χ4n) is 4.46. The van der Waals surface area contributed by atoms with Crippen molar-refractivity contribution >= 4 is 28.4 Å². The number of fused-ring (bicyclic) bond motifs is 1. The van der Waals surface area contributed by atoms with Crippen molar-refractivity contribution in [2.75, 3.05) is 19.5 Å². The Bertz CT molecular complexity index is 1290. The number of aryl methyl sites for hydroxylation is 1. The van der Waals surface area contributed by atoms with Crippen LogP contribution in [0.3, 0.4) is 0 Å². The molecular formula is C26H28N4O3S. The smallest absolute Gasteiger partial charge is 0.192 e. The van der Waals surface area contributed by atoms with Gasteiger partial charge in [-0.1, -0.05) is 36.9 Å². The lowest BCUT2D eigenvalue weighted by atomic mass is 10.1. The minimum Gasteiger partial charge on any atom is -0.497 e. The van der Waals surface area contributed by atoms with Crippen LogP contribution in [0.2, 0.25) is 0 Å². The van der Waals surface area contributed by atoms with E-state index in [2.05, 4.69) is 32.7 Å². The molecule has 4 aromatic rings. The zero-order chi connectivity index (χ0) is 23.5. The largest absolute Gasteiger partial charge is 0.497 e. The predicted octanol–water partition coefficient (Wildman–Crippen LogP) is 5.15. The van der Waals surface area contributed by atoms with E-state index in [0.717, 1.165) is 64.6 Å². The molecule has 1 atom stereocenters. The van der Waals surface area contributed by atoms with Gasteiger partial charge in [0.2, 0.25) is 0 Å². The number of H-pyrrole nitrogens is 1. The highest BCUT2D eigenvalue weighted by Gasteiger charge is 2.23. The summed E-state index contributed by atoms with van der Waals surface area (Å²) < 4.78 is 13.3. The molecule has 1 aliphatic rings. The SMILES string of the molecule is CCc1cccc2c(C(=O)CSc3nnc(-c4ccc(OC)cc4)n3CC3CCCO3)c[nH]c12. The van der Waals surface area contributed by atoms with Gasteiger partial charge in [0.05, 0.1) is 25.5 Å². The normalized spacial score (nSPS) is 15.8. The maximum atomic E-state index is 13.2. The molecule has 0 amide bonds. The molecule has 0 saturated carbocycles. The highest BCUT2D eigenvalue weighted by molar-refractivity contribution is 7.99. The van der Waals surface area contributed by atoms with E-state index in [0.29, 0.717) is 6.54 Å². The Kier molecular flexibility index (Phi) is 6.69. The van der Waals surface area contributed by atoms with Crippen molar-refractivity contribution in [2.24, 2.45) is 0 Å². The van der Waals surface area contributed by atoms with Gasteiger partial charge in [-0.3, -0.25) is 9.36 Å². The fourth-order valence-corrected chi connectivity index (χ4v) is 5.29. The molecule has 34 heavy (non-hydrogen) atoms. The Morgan fingerprint density at radius 1 is 1.24 bits per heavy atom. The third kappa shape index (κ3) is 4.48. The van der Waals surface area contributed by atoms with E-state index in [4.69, 9.17) is 9.47 Å². The Balaban J connectivity index is 1.39. The van der Waals surface area contributed by atoms with Crippen molar-refractivity contribution in [3.05, 3.63) is 59.8 Å². The van der Waals surface area contributed by atoms with E-state index in [1.54, 1.807) is 7.11 Å². The van der Waals surface area contributed by atoms with Crippen LogP contribution in [0.1, 0.15) is 35.7 Å². The second kappa shape index (κ2) is 10.0. The van der Waals surface area contributed by atoms with E-state index < -0.39 is 0 Å². The van der Waals surface area contributed by atoms with Crippen LogP contribution in [0.4, 0.5) is 0 Å². The minimum absolute atomic E-state index is 0.0715. The van der Waals surface area contributed by atoms with E-state index in [-0.39, 0.29) is 17.6 Å². The quantitative estimate of drug-likeness (QED) is 0.266. The maximum absolute atomic E-state index is 13.2. The molecule has 0 aliphatic carbocycles. The first-order valence-corrected chi connectivity index (χ1v) is 12.6. The number of nitrogens with zero attached hydrogens (tertiary/aromatic N) is 3. The number of thioether (sulfide) groups is 1. The summed E-state index contributed by atoms with van der Waals surface area (Å²) in [5.74, 6) is 1.92. The number of carbonyl (C=O) groups is 1. The summed E-state index contributed by atoms with van der Waals surface area (Å²) in [6.45, 7) is 3.57. The van der Waals surface area contributed by atoms with Crippen LogP contribution in [0.15, 0.2) is 53.8 Å². The average molecular weight is 477 g/mol. The van der Waals surface area contributed by atoms with E-state index >= 15 is 0 Å². The molecule has 0 bridgehead atoms. The number of aromatic amines is 1. The van der Waals surface area contributed by atoms with Crippen molar-refractivity contribution in [3.8, 4) is 17.1 Å². The number of methoxy groups -OCH3 is 1. The van der Waals surface area contributed by atoms with Crippen LogP contribution >= 0.6 is 11.8 Å². The Hall–Kier alpha value is -3.10. The molecule has 7 nitrogen and oxygen atoms in total. The molecular weight excluding hydrogens is 448 g/mol. The molecule has 5 rings (SSSR count). The molecule has 8 heteroatoms. The molecule has 1 fully saturated rings. The number of ketones is 1. The van der Waals surface area contributed by atoms with Crippen molar-refractivity contribution in [1.82, 2.24) is 19.7 Å². The molecule has 0 radical (unpaired) electrons. The number of rotatable bonds is 9. The monoisotopic (exact) mass is 476 g/mol. The van der Waals surface area contributed by atoms with Crippen LogP contribution in [0.5, 0.6) is 5.75 Å². The van der Waals surface area contributed by atoms with Gasteiger partial charge in [-0.2, -0.15) is 0 Å². The third-order valence-electron chi connectivity index (χ3n) is 6.29. The third-order valence-corrected chi connectivity index (χ3v) is 7.26. The molecule has 1 aliphatic heterocycles. The van der Waals surface area contributed by atoms with Crippen LogP contribution in [0, 0.1) is 0 Å². The lowest BCUT2D eigenvalue weighted by Gasteiger charge is -2.14. The van der Waals surface area contributed by atoms with Gasteiger partial charge in [-0.25, -0.2) is 0 Å². The van der Waals surface area contributed by atoms with Gasteiger partial charge >= 0.3 is 0 Å². The Morgan fingerprint density at radius 3 is 2.82 bits per heavy atom. The number of hydrogen-bond acceptors (Lipinski definition) is 6. The zero-order valence-corrected chi connectivity index (χ0v) is 20.2. The molecule has 176 valence electrons. The minimum atomic E-state index is 0.0715. The molecule has 3 heterocycles. The van der Waals surface area contributed by atoms with Crippen LogP contribution in [-0.2, 0) is 17.7 Å². The first-order valence-electron chi connectivity index (χ1n) is 11.6. The summed E-state index contributed by atoms with van der Waals surface area (Å²) in [4.78, 5) is 16.5. The Morgan fingerprint density at radius 2 is 2.09 bits per heavy atom.